The smallest absolute Gasteiger partial charge is 0.411 e. The van der Waals surface area contributed by atoms with Gasteiger partial charge in [-0.2, -0.15) is 0 Å². The van der Waals surface area contributed by atoms with Crippen molar-refractivity contribution < 1.29 is 19.1 Å². The Hall–Kier alpha value is -2.88. The highest BCUT2D eigenvalue weighted by Gasteiger charge is 2.11. The molecule has 4 N–H and O–H groups in total. The summed E-state index contributed by atoms with van der Waals surface area (Å²) in [5.41, 5.74) is 0.0535. The van der Waals surface area contributed by atoms with E-state index in [9.17, 15) is 14.0 Å². The number of rotatable bonds is 1. The van der Waals surface area contributed by atoms with E-state index in [0.29, 0.717) is 0 Å². The van der Waals surface area contributed by atoms with Crippen molar-refractivity contribution in [3.05, 3.63) is 35.1 Å². The Morgan fingerprint density at radius 2 is 2.00 bits per heavy atom. The summed E-state index contributed by atoms with van der Waals surface area (Å²) in [5, 5.41) is 18.9. The fourth-order valence-electron chi connectivity index (χ4n) is 1.13. The molecule has 1 rings (SSSR count). The van der Waals surface area contributed by atoms with Crippen LogP contribution in [0.5, 0.6) is 0 Å². The highest BCUT2D eigenvalue weighted by molar-refractivity contribution is 6.07. The van der Waals surface area contributed by atoms with Crippen molar-refractivity contribution in [2.75, 3.05) is 0 Å². The van der Waals surface area contributed by atoms with Crippen LogP contribution >= 0.6 is 0 Å². The van der Waals surface area contributed by atoms with Crippen LogP contribution in [0, 0.1) is 23.6 Å². The minimum atomic E-state index is -1.50. The summed E-state index contributed by atoms with van der Waals surface area (Å²) in [5.74, 6) is -0.115. The number of guanidine groups is 1. The van der Waals surface area contributed by atoms with Gasteiger partial charge in [0, 0.05) is 11.1 Å². The zero-order valence-electron chi connectivity index (χ0n) is 8.95. The monoisotopic (exact) mass is 249 g/mol. The topological polar surface area (TPSA) is 102 Å². The van der Waals surface area contributed by atoms with Gasteiger partial charge in [0.15, 0.2) is 0 Å². The van der Waals surface area contributed by atoms with Crippen LogP contribution < -0.4 is 10.6 Å². The van der Waals surface area contributed by atoms with Crippen LogP contribution in [0.25, 0.3) is 0 Å². The van der Waals surface area contributed by atoms with Gasteiger partial charge in [0.2, 0.25) is 5.96 Å². The van der Waals surface area contributed by atoms with Crippen LogP contribution in [-0.2, 0) is 0 Å². The first kappa shape index (κ1) is 13.2. The minimum absolute atomic E-state index is 0.111. The molecule has 0 radical (unpaired) electrons. The van der Waals surface area contributed by atoms with E-state index in [1.807, 2.05) is 5.32 Å². The molecule has 0 aromatic heterocycles. The van der Waals surface area contributed by atoms with E-state index in [2.05, 4.69) is 5.92 Å². The number of terminal acetylenes is 1. The van der Waals surface area contributed by atoms with E-state index in [0.717, 1.165) is 12.1 Å². The standard InChI is InChI=1S/C11H8FN3O3/c1-2-6-3-7(5-8(12)4-6)9(16)14-10(13)15-11(17)18/h1,3-5H,(H,17,18)(H3,13,14,15,16). The molecule has 7 heteroatoms. The summed E-state index contributed by atoms with van der Waals surface area (Å²) >= 11 is 0. The first-order chi connectivity index (χ1) is 8.42. The maximum atomic E-state index is 13.1. The number of amides is 2. The first-order valence-electron chi connectivity index (χ1n) is 4.59. The molecule has 18 heavy (non-hydrogen) atoms. The van der Waals surface area contributed by atoms with Crippen LogP contribution in [-0.4, -0.2) is 23.1 Å². The number of nitrogens with one attached hydrogen (secondary N) is 3. The van der Waals surface area contributed by atoms with Crippen molar-refractivity contribution in [2.24, 2.45) is 0 Å². The molecule has 0 aliphatic heterocycles. The van der Waals surface area contributed by atoms with Gasteiger partial charge in [-0.05, 0) is 18.2 Å². The first-order valence-corrected chi connectivity index (χ1v) is 4.59. The molecule has 0 bridgehead atoms. The number of hydrogen-bond donors (Lipinski definition) is 4. The lowest BCUT2D eigenvalue weighted by atomic mass is 10.1. The molecule has 0 atom stereocenters. The van der Waals surface area contributed by atoms with Gasteiger partial charge in [-0.3, -0.25) is 20.8 Å². The van der Waals surface area contributed by atoms with Crippen molar-refractivity contribution in [3.63, 3.8) is 0 Å². The lowest BCUT2D eigenvalue weighted by molar-refractivity contribution is 0.0975. The Balaban J connectivity index is 2.85. The second-order valence-electron chi connectivity index (χ2n) is 3.13. The summed E-state index contributed by atoms with van der Waals surface area (Å²) < 4.78 is 13.1. The average Bonchev–Trinajstić information content (AvgIpc) is 2.26. The van der Waals surface area contributed by atoms with E-state index in [4.69, 9.17) is 16.9 Å². The molecular formula is C11H8FN3O3. The Bertz CT molecular complexity index is 563. The van der Waals surface area contributed by atoms with E-state index in [1.54, 1.807) is 5.32 Å². The summed E-state index contributed by atoms with van der Waals surface area (Å²) in [4.78, 5) is 21.7. The van der Waals surface area contributed by atoms with Gasteiger partial charge >= 0.3 is 6.09 Å². The van der Waals surface area contributed by atoms with Crippen LogP contribution in [0.3, 0.4) is 0 Å². The molecule has 1 aromatic carbocycles. The highest BCUT2D eigenvalue weighted by Crippen LogP contribution is 2.08. The molecule has 0 heterocycles. The summed E-state index contributed by atoms with van der Waals surface area (Å²) in [6.07, 6.45) is 3.58. The maximum Gasteiger partial charge on any atom is 0.411 e. The minimum Gasteiger partial charge on any atom is -0.465 e. The zero-order valence-corrected chi connectivity index (χ0v) is 8.95. The van der Waals surface area contributed by atoms with Crippen LogP contribution in [0.15, 0.2) is 18.2 Å². The number of carbonyl (C=O) groups is 2. The van der Waals surface area contributed by atoms with Gasteiger partial charge in [0.25, 0.3) is 5.91 Å². The van der Waals surface area contributed by atoms with E-state index >= 15 is 0 Å². The molecule has 0 fully saturated rings. The van der Waals surface area contributed by atoms with Crippen LogP contribution in [0.4, 0.5) is 9.18 Å². The summed E-state index contributed by atoms with van der Waals surface area (Å²) in [6.45, 7) is 0. The van der Waals surface area contributed by atoms with Crippen LogP contribution in [0.2, 0.25) is 0 Å². The van der Waals surface area contributed by atoms with E-state index in [1.165, 1.54) is 6.07 Å². The molecule has 0 saturated heterocycles. The lowest BCUT2D eigenvalue weighted by Crippen LogP contribution is -2.42. The third-order valence-corrected chi connectivity index (χ3v) is 1.80. The average molecular weight is 249 g/mol. The van der Waals surface area contributed by atoms with Gasteiger partial charge in [-0.1, -0.05) is 5.92 Å². The second kappa shape index (κ2) is 5.45. The Morgan fingerprint density at radius 1 is 1.33 bits per heavy atom. The largest absolute Gasteiger partial charge is 0.465 e. The predicted molar refractivity (Wildman–Crippen MR) is 60.7 cm³/mol. The number of carboxylic acid groups (broad SMARTS) is 1. The van der Waals surface area contributed by atoms with Crippen molar-refractivity contribution >= 4 is 18.0 Å². The summed E-state index contributed by atoms with van der Waals surface area (Å²) in [7, 11) is 0. The number of carbonyl (C=O) groups excluding carboxylic acids is 1. The van der Waals surface area contributed by atoms with Crippen LogP contribution in [0.1, 0.15) is 15.9 Å². The van der Waals surface area contributed by atoms with Crippen molar-refractivity contribution in [1.82, 2.24) is 10.6 Å². The van der Waals surface area contributed by atoms with Crippen molar-refractivity contribution in [3.8, 4) is 12.3 Å². The fourth-order valence-corrected chi connectivity index (χ4v) is 1.13. The van der Waals surface area contributed by atoms with E-state index < -0.39 is 23.8 Å². The third kappa shape index (κ3) is 3.61. The van der Waals surface area contributed by atoms with E-state index in [-0.39, 0.29) is 11.1 Å². The predicted octanol–water partition coefficient (Wildman–Crippen LogP) is 0.739. The SMILES string of the molecule is C#Cc1cc(F)cc(C(=O)NC(=N)NC(=O)O)c1. The molecule has 0 spiro atoms. The Kier molecular flexibility index (Phi) is 3.99. The molecular weight excluding hydrogens is 241 g/mol. The molecule has 92 valence electrons. The van der Waals surface area contributed by atoms with Gasteiger partial charge in [-0.25, -0.2) is 9.18 Å². The van der Waals surface area contributed by atoms with Crippen molar-refractivity contribution in [2.45, 2.75) is 0 Å². The lowest BCUT2D eigenvalue weighted by Gasteiger charge is -2.06. The molecule has 0 aliphatic carbocycles. The normalized spacial score (nSPS) is 9.11. The van der Waals surface area contributed by atoms with Gasteiger partial charge < -0.3 is 5.11 Å². The van der Waals surface area contributed by atoms with Gasteiger partial charge in [0.05, 0.1) is 0 Å². The fraction of sp³-hybridized carbons (Fsp3) is 0. The Labute approximate surface area is 101 Å². The number of benzene rings is 1. The van der Waals surface area contributed by atoms with Crippen molar-refractivity contribution in [1.29, 1.82) is 5.41 Å². The molecule has 0 aliphatic rings. The second-order valence-corrected chi connectivity index (χ2v) is 3.13. The quantitative estimate of drug-likeness (QED) is 0.335. The number of hydrogen-bond acceptors (Lipinski definition) is 3. The molecule has 0 saturated carbocycles. The molecule has 1 aromatic rings. The maximum absolute atomic E-state index is 13.1. The third-order valence-electron chi connectivity index (χ3n) is 1.80. The molecule has 6 nitrogen and oxygen atoms in total. The van der Waals surface area contributed by atoms with Gasteiger partial charge in [0.1, 0.15) is 5.82 Å². The zero-order chi connectivity index (χ0) is 13.7. The highest BCUT2D eigenvalue weighted by atomic mass is 19.1. The number of halogens is 1. The Morgan fingerprint density at radius 3 is 2.56 bits per heavy atom. The summed E-state index contributed by atoms with van der Waals surface area (Å²) in [6, 6.07) is 3.23. The molecule has 2 amide bonds. The molecule has 0 unspecified atom stereocenters. The van der Waals surface area contributed by atoms with Gasteiger partial charge in [-0.15, -0.1) is 6.42 Å².